The van der Waals surface area contributed by atoms with Crippen LogP contribution in [0.3, 0.4) is 0 Å². The minimum Gasteiger partial charge on any atom is -0.478 e. The van der Waals surface area contributed by atoms with Crippen LogP contribution in [-0.2, 0) is 9.53 Å². The van der Waals surface area contributed by atoms with Gasteiger partial charge in [0, 0.05) is 5.56 Å². The van der Waals surface area contributed by atoms with Gasteiger partial charge in [-0.1, -0.05) is 18.7 Å². The summed E-state index contributed by atoms with van der Waals surface area (Å²) in [6, 6.07) is 3.82. The summed E-state index contributed by atoms with van der Waals surface area (Å²) in [4.78, 5) is 44.4. The number of rotatable bonds is 6. The van der Waals surface area contributed by atoms with Gasteiger partial charge in [-0.05, 0) is 12.1 Å². The van der Waals surface area contributed by atoms with E-state index in [4.69, 9.17) is 5.11 Å². The molecule has 0 spiro atoms. The van der Waals surface area contributed by atoms with Gasteiger partial charge in [-0.2, -0.15) is 0 Å². The van der Waals surface area contributed by atoms with Gasteiger partial charge in [0.15, 0.2) is 12.1 Å². The molecule has 0 amide bonds. The number of ether oxygens (including phenoxy) is 1. The van der Waals surface area contributed by atoms with Crippen LogP contribution in [0.5, 0.6) is 0 Å². The molecule has 0 aromatic heterocycles. The van der Waals surface area contributed by atoms with Crippen molar-refractivity contribution < 1.29 is 29.0 Å². The van der Waals surface area contributed by atoms with Gasteiger partial charge in [0.05, 0.1) is 11.1 Å². The molecule has 6 nitrogen and oxygen atoms in total. The average Bonchev–Trinajstić information content (AvgIpc) is 2.42. The van der Waals surface area contributed by atoms with Gasteiger partial charge < -0.3 is 9.84 Å². The third-order valence-corrected chi connectivity index (χ3v) is 2.23. The molecular formula is C13H10O6. The highest BCUT2D eigenvalue weighted by molar-refractivity contribution is 6.14. The molecule has 6 heteroatoms. The average molecular weight is 262 g/mol. The number of aromatic carboxylic acids is 1. The molecule has 1 N–H and O–H groups in total. The Hall–Kier alpha value is -2.76. The number of hydrogen-bond acceptors (Lipinski definition) is 5. The zero-order chi connectivity index (χ0) is 14.4. The second-order valence-electron chi connectivity index (χ2n) is 3.37. The molecule has 0 aliphatic rings. The predicted molar refractivity (Wildman–Crippen MR) is 64.3 cm³/mol. The van der Waals surface area contributed by atoms with Crippen molar-refractivity contribution in [3.63, 3.8) is 0 Å². The Kier molecular flexibility index (Phi) is 4.70. The number of carbonyl (C=O) groups excluding carboxylic acids is 3. The number of benzene rings is 1. The van der Waals surface area contributed by atoms with Gasteiger partial charge in [0.1, 0.15) is 6.61 Å². The van der Waals surface area contributed by atoms with Crippen LogP contribution in [0.25, 0.3) is 0 Å². The summed E-state index contributed by atoms with van der Waals surface area (Å²) in [5.74, 6) is -3.05. The molecule has 0 atom stereocenters. The first-order valence-electron chi connectivity index (χ1n) is 5.16. The molecule has 19 heavy (non-hydrogen) atoms. The summed E-state index contributed by atoms with van der Waals surface area (Å²) in [6.45, 7) is 2.77. The molecule has 0 fully saturated rings. The summed E-state index contributed by atoms with van der Waals surface area (Å²) in [5, 5.41) is 9.10. The highest BCUT2D eigenvalue weighted by Gasteiger charge is 2.23. The monoisotopic (exact) mass is 262 g/mol. The van der Waals surface area contributed by atoms with Crippen LogP contribution in [-0.4, -0.2) is 35.7 Å². The van der Waals surface area contributed by atoms with Crippen LogP contribution in [0.1, 0.15) is 31.1 Å². The fraction of sp³-hybridized carbons (Fsp3) is 0.0769. The molecule has 0 radical (unpaired) electrons. The third-order valence-electron chi connectivity index (χ3n) is 2.23. The van der Waals surface area contributed by atoms with E-state index < -0.39 is 29.9 Å². The van der Waals surface area contributed by atoms with E-state index in [1.807, 2.05) is 0 Å². The summed E-state index contributed by atoms with van der Waals surface area (Å²) in [6.07, 6.45) is 1.30. The second kappa shape index (κ2) is 6.25. The largest absolute Gasteiger partial charge is 0.478 e. The lowest BCUT2D eigenvalue weighted by Crippen LogP contribution is -2.16. The van der Waals surface area contributed by atoms with Crippen molar-refractivity contribution in [1.82, 2.24) is 0 Å². The predicted octanol–water partition coefficient (Wildman–Crippen LogP) is 1.11. The maximum Gasteiger partial charge on any atom is 0.339 e. The second-order valence-corrected chi connectivity index (χ2v) is 3.37. The number of hydrogen-bond donors (Lipinski definition) is 1. The van der Waals surface area contributed by atoms with Crippen molar-refractivity contribution in [3.05, 3.63) is 47.5 Å². The summed E-state index contributed by atoms with van der Waals surface area (Å²) >= 11 is 0. The van der Waals surface area contributed by atoms with Crippen molar-refractivity contribution in [2.75, 3.05) is 6.61 Å². The lowest BCUT2D eigenvalue weighted by Gasteiger charge is -2.08. The highest BCUT2D eigenvalue weighted by Crippen LogP contribution is 2.17. The van der Waals surface area contributed by atoms with Crippen LogP contribution in [0.2, 0.25) is 0 Å². The van der Waals surface area contributed by atoms with Crippen LogP contribution in [0.15, 0.2) is 30.9 Å². The number of esters is 1. The number of allylic oxidation sites excluding steroid dienone is 1. The number of aldehydes is 1. The van der Waals surface area contributed by atoms with Crippen molar-refractivity contribution in [2.24, 2.45) is 0 Å². The molecule has 0 saturated heterocycles. The standard InChI is InChI=1S/C13H10O6/c1-2-10(15)8-4-3-5-9(11(8)12(16)17)13(18)19-7-6-14/h2-6H,1,7H2,(H,16,17). The SMILES string of the molecule is C=CC(=O)c1cccc(C(=O)OCC=O)c1C(=O)O. The molecule has 0 heterocycles. The molecule has 1 aromatic rings. The lowest BCUT2D eigenvalue weighted by molar-refractivity contribution is -0.110. The molecule has 98 valence electrons. The van der Waals surface area contributed by atoms with Gasteiger partial charge in [-0.15, -0.1) is 0 Å². The van der Waals surface area contributed by atoms with E-state index in [9.17, 15) is 19.2 Å². The molecule has 0 unspecified atom stereocenters. The van der Waals surface area contributed by atoms with Crippen LogP contribution in [0, 0.1) is 0 Å². The zero-order valence-electron chi connectivity index (χ0n) is 9.79. The molecular weight excluding hydrogens is 252 g/mol. The van der Waals surface area contributed by atoms with E-state index in [0.717, 1.165) is 6.08 Å². The van der Waals surface area contributed by atoms with Crippen molar-refractivity contribution in [3.8, 4) is 0 Å². The van der Waals surface area contributed by atoms with E-state index in [1.165, 1.54) is 18.2 Å². The summed E-state index contributed by atoms with van der Waals surface area (Å²) in [5.41, 5.74) is -0.923. The third kappa shape index (κ3) is 3.12. The Morgan fingerprint density at radius 2 is 1.89 bits per heavy atom. The molecule has 0 aliphatic heterocycles. The Bertz CT molecular complexity index is 558. The van der Waals surface area contributed by atoms with Gasteiger partial charge >= 0.3 is 11.9 Å². The van der Waals surface area contributed by atoms with Gasteiger partial charge in [0.25, 0.3) is 0 Å². The minimum atomic E-state index is -1.44. The van der Waals surface area contributed by atoms with E-state index in [2.05, 4.69) is 11.3 Å². The fourth-order valence-corrected chi connectivity index (χ4v) is 1.46. The molecule has 1 aromatic carbocycles. The molecule has 0 aliphatic carbocycles. The normalized spacial score (nSPS) is 9.47. The van der Waals surface area contributed by atoms with E-state index in [-0.39, 0.29) is 11.1 Å². The first-order chi connectivity index (χ1) is 9.02. The van der Waals surface area contributed by atoms with Crippen LogP contribution in [0.4, 0.5) is 0 Å². The van der Waals surface area contributed by atoms with Crippen LogP contribution < -0.4 is 0 Å². The Labute approximate surface area is 108 Å². The smallest absolute Gasteiger partial charge is 0.339 e. The topological polar surface area (TPSA) is 97.7 Å². The lowest BCUT2D eigenvalue weighted by atomic mass is 9.98. The van der Waals surface area contributed by atoms with Crippen molar-refractivity contribution >= 4 is 24.0 Å². The summed E-state index contributed by atoms with van der Waals surface area (Å²) < 4.78 is 4.53. The number of ketones is 1. The molecule has 0 bridgehead atoms. The Morgan fingerprint density at radius 1 is 1.26 bits per heavy atom. The van der Waals surface area contributed by atoms with E-state index >= 15 is 0 Å². The van der Waals surface area contributed by atoms with E-state index in [1.54, 1.807) is 0 Å². The van der Waals surface area contributed by atoms with Crippen LogP contribution >= 0.6 is 0 Å². The van der Waals surface area contributed by atoms with Crippen molar-refractivity contribution in [2.45, 2.75) is 0 Å². The maximum absolute atomic E-state index is 11.6. The van der Waals surface area contributed by atoms with E-state index in [0.29, 0.717) is 6.29 Å². The fourth-order valence-electron chi connectivity index (χ4n) is 1.46. The maximum atomic E-state index is 11.6. The molecule has 0 saturated carbocycles. The van der Waals surface area contributed by atoms with Gasteiger partial charge in [-0.25, -0.2) is 9.59 Å². The Balaban J connectivity index is 3.35. The van der Waals surface area contributed by atoms with Gasteiger partial charge in [0.2, 0.25) is 0 Å². The number of carboxylic acids is 1. The number of carbonyl (C=O) groups is 4. The highest BCUT2D eigenvalue weighted by atomic mass is 16.5. The first kappa shape index (κ1) is 14.3. The number of carboxylic acid groups (broad SMARTS) is 1. The minimum absolute atomic E-state index is 0.164. The quantitative estimate of drug-likeness (QED) is 0.357. The summed E-state index contributed by atoms with van der Waals surface area (Å²) in [7, 11) is 0. The Morgan fingerprint density at radius 3 is 2.42 bits per heavy atom. The molecule has 1 rings (SSSR count). The van der Waals surface area contributed by atoms with Crippen molar-refractivity contribution in [1.29, 1.82) is 0 Å². The van der Waals surface area contributed by atoms with Gasteiger partial charge in [-0.3, -0.25) is 9.59 Å². The first-order valence-corrected chi connectivity index (χ1v) is 5.16. The zero-order valence-corrected chi connectivity index (χ0v) is 9.79.